The van der Waals surface area contributed by atoms with Crippen molar-refractivity contribution in [2.75, 3.05) is 13.7 Å². The SMILES string of the molecule is CCCCCC[C@H]1OC[C@H](C(=O)C(C)(C)C)[C@@H]1OC. The minimum absolute atomic E-state index is 0.0617. The molecule has 0 aromatic heterocycles. The minimum Gasteiger partial charge on any atom is -0.378 e. The molecule has 1 aliphatic heterocycles. The molecule has 3 atom stereocenters. The number of rotatable bonds is 7. The highest BCUT2D eigenvalue weighted by atomic mass is 16.5. The van der Waals surface area contributed by atoms with Crippen molar-refractivity contribution in [1.82, 2.24) is 0 Å². The van der Waals surface area contributed by atoms with Gasteiger partial charge in [0.05, 0.1) is 24.7 Å². The van der Waals surface area contributed by atoms with Gasteiger partial charge in [-0.1, -0.05) is 53.4 Å². The van der Waals surface area contributed by atoms with Gasteiger partial charge in [-0.15, -0.1) is 0 Å². The number of Topliss-reactive ketones (excluding diaryl/α,β-unsaturated/α-hetero) is 1. The van der Waals surface area contributed by atoms with Gasteiger partial charge in [-0.2, -0.15) is 0 Å². The first-order chi connectivity index (χ1) is 8.91. The van der Waals surface area contributed by atoms with E-state index in [0.717, 1.165) is 12.8 Å². The molecule has 19 heavy (non-hydrogen) atoms. The summed E-state index contributed by atoms with van der Waals surface area (Å²) in [5, 5.41) is 0. The quantitative estimate of drug-likeness (QED) is 0.663. The number of hydrogen-bond donors (Lipinski definition) is 0. The van der Waals surface area contributed by atoms with Crippen LogP contribution in [0, 0.1) is 11.3 Å². The lowest BCUT2D eigenvalue weighted by molar-refractivity contribution is -0.133. The lowest BCUT2D eigenvalue weighted by Gasteiger charge is -2.26. The lowest BCUT2D eigenvalue weighted by atomic mass is 9.80. The third kappa shape index (κ3) is 4.57. The fraction of sp³-hybridized carbons (Fsp3) is 0.938. The molecule has 0 spiro atoms. The van der Waals surface area contributed by atoms with Crippen molar-refractivity contribution in [1.29, 1.82) is 0 Å². The van der Waals surface area contributed by atoms with E-state index >= 15 is 0 Å². The Morgan fingerprint density at radius 1 is 1.26 bits per heavy atom. The second-order valence-electron chi connectivity index (χ2n) is 6.64. The molecular weight excluding hydrogens is 240 g/mol. The zero-order valence-electron chi connectivity index (χ0n) is 13.2. The second kappa shape index (κ2) is 7.39. The summed E-state index contributed by atoms with van der Waals surface area (Å²) in [5.41, 5.74) is -0.318. The Morgan fingerprint density at radius 2 is 1.95 bits per heavy atom. The van der Waals surface area contributed by atoms with E-state index in [1.54, 1.807) is 7.11 Å². The molecule has 1 saturated heterocycles. The van der Waals surface area contributed by atoms with Gasteiger partial charge in [-0.25, -0.2) is 0 Å². The van der Waals surface area contributed by atoms with Gasteiger partial charge in [0.15, 0.2) is 0 Å². The monoisotopic (exact) mass is 270 g/mol. The molecule has 1 rings (SSSR count). The standard InChI is InChI=1S/C16H30O3/c1-6-7-8-9-10-13-14(18-5)12(11-19-13)15(17)16(2,3)4/h12-14H,6-11H2,1-5H3/t12-,13+,14-/m0/s1. The first-order valence-corrected chi connectivity index (χ1v) is 7.60. The topological polar surface area (TPSA) is 35.5 Å². The van der Waals surface area contributed by atoms with Crippen LogP contribution in [0.15, 0.2) is 0 Å². The molecule has 1 fully saturated rings. The Hall–Kier alpha value is -0.410. The Morgan fingerprint density at radius 3 is 2.47 bits per heavy atom. The molecule has 0 bridgehead atoms. The van der Waals surface area contributed by atoms with E-state index in [-0.39, 0.29) is 29.3 Å². The summed E-state index contributed by atoms with van der Waals surface area (Å²) < 4.78 is 11.4. The van der Waals surface area contributed by atoms with Crippen LogP contribution in [0.25, 0.3) is 0 Å². The Balaban J connectivity index is 2.52. The highest BCUT2D eigenvalue weighted by molar-refractivity contribution is 5.86. The van der Waals surface area contributed by atoms with Crippen LogP contribution in [0.2, 0.25) is 0 Å². The van der Waals surface area contributed by atoms with Crippen molar-refractivity contribution >= 4 is 5.78 Å². The van der Waals surface area contributed by atoms with Crippen molar-refractivity contribution < 1.29 is 14.3 Å². The van der Waals surface area contributed by atoms with Gasteiger partial charge in [-0.3, -0.25) is 4.79 Å². The van der Waals surface area contributed by atoms with Crippen LogP contribution in [0.5, 0.6) is 0 Å². The molecular formula is C16H30O3. The molecule has 0 unspecified atom stereocenters. The summed E-state index contributed by atoms with van der Waals surface area (Å²) in [4.78, 5) is 12.4. The molecule has 1 aliphatic rings. The number of unbranched alkanes of at least 4 members (excludes halogenated alkanes) is 3. The van der Waals surface area contributed by atoms with Gasteiger partial charge in [-0.05, 0) is 6.42 Å². The van der Waals surface area contributed by atoms with Crippen LogP contribution in [0.1, 0.15) is 59.8 Å². The van der Waals surface area contributed by atoms with Gasteiger partial charge >= 0.3 is 0 Å². The average Bonchev–Trinajstić information content (AvgIpc) is 2.75. The first kappa shape index (κ1) is 16.6. The summed E-state index contributed by atoms with van der Waals surface area (Å²) in [7, 11) is 1.70. The molecule has 3 nitrogen and oxygen atoms in total. The maximum absolute atomic E-state index is 12.4. The predicted octanol–water partition coefficient (Wildman–Crippen LogP) is 3.60. The van der Waals surface area contributed by atoms with E-state index in [9.17, 15) is 4.79 Å². The number of ketones is 1. The number of carbonyl (C=O) groups is 1. The molecule has 1 heterocycles. The van der Waals surface area contributed by atoms with Crippen molar-refractivity contribution in [3.63, 3.8) is 0 Å². The fourth-order valence-corrected chi connectivity index (χ4v) is 2.79. The highest BCUT2D eigenvalue weighted by Gasteiger charge is 2.44. The van der Waals surface area contributed by atoms with Gasteiger partial charge < -0.3 is 9.47 Å². The summed E-state index contributed by atoms with van der Waals surface area (Å²) >= 11 is 0. The van der Waals surface area contributed by atoms with Crippen LogP contribution in [0.3, 0.4) is 0 Å². The van der Waals surface area contributed by atoms with Gasteiger partial charge in [0, 0.05) is 12.5 Å². The van der Waals surface area contributed by atoms with Crippen molar-refractivity contribution in [3.05, 3.63) is 0 Å². The maximum Gasteiger partial charge on any atom is 0.146 e. The summed E-state index contributed by atoms with van der Waals surface area (Å²) in [6.45, 7) is 8.64. The van der Waals surface area contributed by atoms with E-state index < -0.39 is 0 Å². The molecule has 0 N–H and O–H groups in total. The summed E-state index contributed by atoms with van der Waals surface area (Å²) in [6.07, 6.45) is 5.96. The molecule has 3 heteroatoms. The van der Waals surface area contributed by atoms with Gasteiger partial charge in [0.2, 0.25) is 0 Å². The van der Waals surface area contributed by atoms with Crippen LogP contribution in [-0.4, -0.2) is 31.7 Å². The zero-order chi connectivity index (χ0) is 14.5. The van der Waals surface area contributed by atoms with Crippen LogP contribution in [0.4, 0.5) is 0 Å². The van der Waals surface area contributed by atoms with E-state index in [2.05, 4.69) is 6.92 Å². The zero-order valence-corrected chi connectivity index (χ0v) is 13.2. The van der Waals surface area contributed by atoms with Crippen molar-refractivity contribution in [3.8, 4) is 0 Å². The Labute approximate surface area is 118 Å². The van der Waals surface area contributed by atoms with Crippen molar-refractivity contribution in [2.24, 2.45) is 11.3 Å². The van der Waals surface area contributed by atoms with Crippen molar-refractivity contribution in [2.45, 2.75) is 72.0 Å². The van der Waals surface area contributed by atoms with E-state index in [4.69, 9.17) is 9.47 Å². The Kier molecular flexibility index (Phi) is 6.48. The van der Waals surface area contributed by atoms with Gasteiger partial charge in [0.1, 0.15) is 5.78 Å². The number of ether oxygens (including phenoxy) is 2. The average molecular weight is 270 g/mol. The molecule has 0 radical (unpaired) electrons. The Bertz CT molecular complexity index is 280. The lowest BCUT2D eigenvalue weighted by Crippen LogP contribution is -2.38. The third-order valence-electron chi connectivity index (χ3n) is 3.94. The second-order valence-corrected chi connectivity index (χ2v) is 6.64. The van der Waals surface area contributed by atoms with Gasteiger partial charge in [0.25, 0.3) is 0 Å². The number of carbonyl (C=O) groups excluding carboxylic acids is 1. The smallest absolute Gasteiger partial charge is 0.146 e. The summed E-state index contributed by atoms with van der Waals surface area (Å²) in [5.74, 6) is 0.164. The summed E-state index contributed by atoms with van der Waals surface area (Å²) in [6, 6.07) is 0. The highest BCUT2D eigenvalue weighted by Crippen LogP contribution is 2.32. The van der Waals surface area contributed by atoms with E-state index in [1.165, 1.54) is 19.3 Å². The number of methoxy groups -OCH3 is 1. The maximum atomic E-state index is 12.4. The fourth-order valence-electron chi connectivity index (χ4n) is 2.79. The van der Waals surface area contributed by atoms with E-state index in [1.807, 2.05) is 20.8 Å². The minimum atomic E-state index is -0.318. The molecule has 0 amide bonds. The molecule has 0 aromatic rings. The van der Waals surface area contributed by atoms with Crippen LogP contribution >= 0.6 is 0 Å². The van der Waals surface area contributed by atoms with E-state index in [0.29, 0.717) is 6.61 Å². The largest absolute Gasteiger partial charge is 0.378 e. The van der Waals surface area contributed by atoms with Crippen LogP contribution in [-0.2, 0) is 14.3 Å². The van der Waals surface area contributed by atoms with Crippen LogP contribution < -0.4 is 0 Å². The number of hydrogen-bond acceptors (Lipinski definition) is 3. The predicted molar refractivity (Wildman–Crippen MR) is 77.2 cm³/mol. The molecule has 0 aromatic carbocycles. The molecule has 112 valence electrons. The first-order valence-electron chi connectivity index (χ1n) is 7.60. The third-order valence-corrected chi connectivity index (χ3v) is 3.94. The molecule has 0 aliphatic carbocycles. The normalized spacial score (nSPS) is 27.7. The molecule has 0 saturated carbocycles.